The van der Waals surface area contributed by atoms with Gasteiger partial charge in [0.25, 0.3) is 0 Å². The molecule has 0 atom stereocenters. The van der Waals surface area contributed by atoms with Crippen molar-refractivity contribution in [2.24, 2.45) is 16.6 Å². The Balaban J connectivity index is 0.00000441. The van der Waals surface area contributed by atoms with Crippen LogP contribution >= 0.6 is 24.0 Å². The molecule has 0 unspecified atom stereocenters. The summed E-state index contributed by atoms with van der Waals surface area (Å²) in [5, 5.41) is 3.04. The van der Waals surface area contributed by atoms with Gasteiger partial charge in [0.15, 0.2) is 5.96 Å². The van der Waals surface area contributed by atoms with E-state index in [0.717, 1.165) is 17.7 Å². The van der Waals surface area contributed by atoms with E-state index in [9.17, 15) is 8.42 Å². The fraction of sp³-hybridized carbons (Fsp3) is 0.500. The smallest absolute Gasteiger partial charge is 0.215 e. The molecule has 6 nitrogen and oxygen atoms in total. The summed E-state index contributed by atoms with van der Waals surface area (Å²) in [4.78, 5) is 4.24. The fourth-order valence-electron chi connectivity index (χ4n) is 1.57. The predicted octanol–water partition coefficient (Wildman–Crippen LogP) is 1.41. The van der Waals surface area contributed by atoms with Gasteiger partial charge in [0.1, 0.15) is 0 Å². The molecule has 126 valence electrons. The first-order valence-corrected chi connectivity index (χ1v) is 8.50. The number of nitrogens with zero attached hydrogens (tertiary/aromatic N) is 1. The molecule has 0 aliphatic carbocycles. The summed E-state index contributed by atoms with van der Waals surface area (Å²) in [7, 11) is -1.83. The largest absolute Gasteiger partial charge is 0.370 e. The quantitative estimate of drug-likeness (QED) is 0.340. The second-order valence-electron chi connectivity index (χ2n) is 5.26. The average Bonchev–Trinajstić information content (AvgIpc) is 2.44. The molecule has 1 rings (SSSR count). The zero-order valence-electron chi connectivity index (χ0n) is 13.2. The van der Waals surface area contributed by atoms with E-state index in [1.165, 1.54) is 7.05 Å². The Morgan fingerprint density at radius 1 is 1.23 bits per heavy atom. The van der Waals surface area contributed by atoms with Crippen molar-refractivity contribution in [2.45, 2.75) is 26.1 Å². The van der Waals surface area contributed by atoms with Crippen LogP contribution in [0.4, 0.5) is 0 Å². The number of hydrogen-bond donors (Lipinski definition) is 3. The third-order valence-corrected chi connectivity index (χ3v) is 4.15. The molecule has 0 amide bonds. The van der Waals surface area contributed by atoms with Crippen LogP contribution in [0.2, 0.25) is 0 Å². The standard InChI is InChI=1S/C14H24N4O2S.HI/c1-11(2)8-17-14(15)18-9-12-4-6-13(7-5-12)10-21(19,20)16-3;/h4-7,11,16H,8-10H2,1-3H3,(H3,15,17,18);1H. The van der Waals surface area contributed by atoms with Crippen molar-refractivity contribution in [2.75, 3.05) is 13.6 Å². The van der Waals surface area contributed by atoms with Gasteiger partial charge in [-0.15, -0.1) is 24.0 Å². The van der Waals surface area contributed by atoms with Gasteiger partial charge in [-0.05, 0) is 24.1 Å². The molecule has 0 fully saturated rings. The van der Waals surface area contributed by atoms with Crippen molar-refractivity contribution in [3.05, 3.63) is 35.4 Å². The highest BCUT2D eigenvalue weighted by molar-refractivity contribution is 14.0. The Kier molecular flexibility index (Phi) is 9.61. The first-order valence-electron chi connectivity index (χ1n) is 6.85. The highest BCUT2D eigenvalue weighted by Crippen LogP contribution is 2.08. The second kappa shape index (κ2) is 10.0. The first kappa shape index (κ1) is 21.1. The third kappa shape index (κ3) is 8.54. The van der Waals surface area contributed by atoms with Gasteiger partial charge in [0, 0.05) is 6.54 Å². The van der Waals surface area contributed by atoms with Crippen molar-refractivity contribution >= 4 is 40.0 Å². The minimum Gasteiger partial charge on any atom is -0.370 e. The summed E-state index contributed by atoms with van der Waals surface area (Å²) in [5.74, 6) is 0.906. The fourth-order valence-corrected chi connectivity index (χ4v) is 2.35. The van der Waals surface area contributed by atoms with Gasteiger partial charge in [0.2, 0.25) is 10.0 Å². The van der Waals surface area contributed by atoms with Crippen LogP contribution < -0.4 is 15.8 Å². The normalized spacial score (nSPS) is 12.1. The second-order valence-corrected chi connectivity index (χ2v) is 7.18. The van der Waals surface area contributed by atoms with Crippen LogP contribution in [-0.2, 0) is 22.3 Å². The van der Waals surface area contributed by atoms with Crippen molar-refractivity contribution in [3.63, 3.8) is 0 Å². The van der Waals surface area contributed by atoms with Gasteiger partial charge in [-0.1, -0.05) is 38.1 Å². The third-order valence-electron chi connectivity index (χ3n) is 2.81. The molecule has 0 radical (unpaired) electrons. The number of hydrogen-bond acceptors (Lipinski definition) is 3. The Labute approximate surface area is 150 Å². The van der Waals surface area contributed by atoms with E-state index in [4.69, 9.17) is 5.73 Å². The van der Waals surface area contributed by atoms with Crippen LogP contribution in [-0.4, -0.2) is 28.0 Å². The summed E-state index contributed by atoms with van der Waals surface area (Å²) < 4.78 is 25.2. The van der Waals surface area contributed by atoms with Crippen LogP contribution in [0.25, 0.3) is 0 Å². The number of nitrogens with one attached hydrogen (secondary N) is 2. The number of benzene rings is 1. The van der Waals surface area contributed by atoms with Crippen LogP contribution in [0.3, 0.4) is 0 Å². The summed E-state index contributed by atoms with van der Waals surface area (Å²) in [6.07, 6.45) is 0. The van der Waals surface area contributed by atoms with Crippen LogP contribution in [0.15, 0.2) is 29.3 Å². The molecule has 0 saturated heterocycles. The number of aliphatic imine (C=N–C) groups is 1. The van der Waals surface area contributed by atoms with E-state index in [1.807, 2.05) is 12.1 Å². The number of rotatable bonds is 7. The van der Waals surface area contributed by atoms with Crippen molar-refractivity contribution in [1.29, 1.82) is 0 Å². The Morgan fingerprint density at radius 2 is 1.77 bits per heavy atom. The molecular weight excluding hydrogens is 415 g/mol. The lowest BCUT2D eigenvalue weighted by Crippen LogP contribution is -2.34. The maximum Gasteiger partial charge on any atom is 0.215 e. The molecule has 0 aliphatic rings. The highest BCUT2D eigenvalue weighted by Gasteiger charge is 2.07. The molecule has 0 aromatic heterocycles. The average molecular weight is 440 g/mol. The molecule has 22 heavy (non-hydrogen) atoms. The molecule has 0 bridgehead atoms. The lowest BCUT2D eigenvalue weighted by molar-refractivity contribution is 0.587. The van der Waals surface area contributed by atoms with E-state index in [2.05, 4.69) is 28.9 Å². The molecule has 0 saturated carbocycles. The van der Waals surface area contributed by atoms with Gasteiger partial charge in [-0.3, -0.25) is 0 Å². The first-order chi connectivity index (χ1) is 9.82. The minimum atomic E-state index is -3.23. The van der Waals surface area contributed by atoms with Crippen molar-refractivity contribution in [1.82, 2.24) is 10.0 Å². The van der Waals surface area contributed by atoms with Gasteiger partial charge < -0.3 is 11.1 Å². The van der Waals surface area contributed by atoms with E-state index in [-0.39, 0.29) is 29.7 Å². The Bertz CT molecular complexity index is 571. The number of sulfonamides is 1. The van der Waals surface area contributed by atoms with Gasteiger partial charge >= 0.3 is 0 Å². The molecule has 4 N–H and O–H groups in total. The highest BCUT2D eigenvalue weighted by atomic mass is 127. The van der Waals surface area contributed by atoms with Crippen LogP contribution in [0.5, 0.6) is 0 Å². The molecule has 0 spiro atoms. The minimum absolute atomic E-state index is 0. The number of nitrogens with two attached hydrogens (primary N) is 1. The van der Waals surface area contributed by atoms with E-state index in [0.29, 0.717) is 18.4 Å². The summed E-state index contributed by atoms with van der Waals surface area (Å²) in [5.41, 5.74) is 7.47. The molecule has 0 aliphatic heterocycles. The van der Waals surface area contributed by atoms with E-state index < -0.39 is 10.0 Å². The van der Waals surface area contributed by atoms with Crippen LogP contribution in [0.1, 0.15) is 25.0 Å². The lowest BCUT2D eigenvalue weighted by Gasteiger charge is -2.08. The predicted molar refractivity (Wildman–Crippen MR) is 102 cm³/mol. The van der Waals surface area contributed by atoms with E-state index >= 15 is 0 Å². The van der Waals surface area contributed by atoms with Gasteiger partial charge in [-0.2, -0.15) is 0 Å². The lowest BCUT2D eigenvalue weighted by atomic mass is 10.1. The maximum absolute atomic E-state index is 11.4. The van der Waals surface area contributed by atoms with E-state index in [1.54, 1.807) is 12.1 Å². The molecule has 1 aromatic rings. The maximum atomic E-state index is 11.4. The van der Waals surface area contributed by atoms with Gasteiger partial charge in [-0.25, -0.2) is 18.1 Å². The zero-order chi connectivity index (χ0) is 15.9. The summed E-state index contributed by atoms with van der Waals surface area (Å²) in [6, 6.07) is 7.30. The van der Waals surface area contributed by atoms with Gasteiger partial charge in [0.05, 0.1) is 12.3 Å². The topological polar surface area (TPSA) is 96.6 Å². The Hall–Kier alpha value is -0.870. The molecule has 1 aromatic carbocycles. The molecular formula is C14H25IN4O2S. The molecule has 0 heterocycles. The summed E-state index contributed by atoms with van der Waals surface area (Å²) >= 11 is 0. The Morgan fingerprint density at radius 3 is 2.27 bits per heavy atom. The summed E-state index contributed by atoms with van der Waals surface area (Å²) in [6.45, 7) is 5.45. The van der Waals surface area contributed by atoms with Crippen LogP contribution in [0, 0.1) is 5.92 Å². The number of halogens is 1. The number of guanidine groups is 1. The molecule has 8 heteroatoms. The van der Waals surface area contributed by atoms with Crippen molar-refractivity contribution in [3.8, 4) is 0 Å². The SMILES string of the molecule is CNS(=O)(=O)Cc1ccc(CN=C(N)NCC(C)C)cc1.I. The monoisotopic (exact) mass is 440 g/mol. The van der Waals surface area contributed by atoms with Crippen molar-refractivity contribution < 1.29 is 8.42 Å². The zero-order valence-corrected chi connectivity index (χ0v) is 16.3.